The van der Waals surface area contributed by atoms with Crippen molar-refractivity contribution in [2.45, 2.75) is 6.18 Å². The molecule has 4 rings (SSSR count). The number of halogens is 3. The summed E-state index contributed by atoms with van der Waals surface area (Å²) < 4.78 is 51.9. The third-order valence-corrected chi connectivity index (χ3v) is 4.56. The number of amides is 1. The molecule has 0 aliphatic carbocycles. The van der Waals surface area contributed by atoms with Gasteiger partial charge in [0, 0.05) is 11.6 Å². The molecule has 0 saturated heterocycles. The van der Waals surface area contributed by atoms with E-state index >= 15 is 0 Å². The number of hydrogen-bond donors (Lipinski definition) is 1. The number of ether oxygens (including phenoxy) is 2. The van der Waals surface area contributed by atoms with Gasteiger partial charge in [-0.15, -0.1) is 0 Å². The molecule has 2 aromatic carbocycles. The molecule has 11 heteroatoms. The van der Waals surface area contributed by atoms with Crippen LogP contribution in [0, 0.1) is 0 Å². The van der Waals surface area contributed by atoms with E-state index in [2.05, 4.69) is 20.3 Å². The van der Waals surface area contributed by atoms with Gasteiger partial charge >= 0.3 is 6.18 Å². The van der Waals surface area contributed by atoms with Gasteiger partial charge in [-0.1, -0.05) is 6.07 Å². The largest absolute Gasteiger partial charge is 0.497 e. The average molecular weight is 443 g/mol. The molecule has 0 saturated carbocycles. The summed E-state index contributed by atoms with van der Waals surface area (Å²) in [5.41, 5.74) is 0.596. The molecule has 0 aliphatic heterocycles. The van der Waals surface area contributed by atoms with Gasteiger partial charge in [0.1, 0.15) is 11.5 Å². The van der Waals surface area contributed by atoms with E-state index in [1.54, 1.807) is 24.3 Å². The number of benzene rings is 2. The molecule has 0 atom stereocenters. The van der Waals surface area contributed by atoms with Crippen molar-refractivity contribution in [3.63, 3.8) is 0 Å². The second-order valence-corrected chi connectivity index (χ2v) is 6.57. The zero-order valence-corrected chi connectivity index (χ0v) is 16.8. The molecule has 0 spiro atoms. The lowest BCUT2D eigenvalue weighted by Crippen LogP contribution is -2.16. The van der Waals surface area contributed by atoms with Crippen LogP contribution in [0.25, 0.3) is 16.9 Å². The van der Waals surface area contributed by atoms with E-state index in [9.17, 15) is 18.0 Å². The highest BCUT2D eigenvalue weighted by atomic mass is 19.4. The lowest BCUT2D eigenvalue weighted by atomic mass is 10.2. The third kappa shape index (κ3) is 4.04. The standard InChI is InChI=1S/C21H16F3N5O3/c1-31-13-5-3-4-12(8-13)19(30)28-17-10-26-18(11-25-17)29-16-7-6-14(32-2)9-15(16)27-20(29)21(22,23)24/h3-11H,1-2H3,(H,25,28,30). The van der Waals surface area contributed by atoms with Gasteiger partial charge < -0.3 is 14.8 Å². The maximum atomic E-state index is 13.6. The fourth-order valence-corrected chi connectivity index (χ4v) is 3.06. The second kappa shape index (κ2) is 8.17. The van der Waals surface area contributed by atoms with Crippen LogP contribution in [0.15, 0.2) is 54.9 Å². The number of carbonyl (C=O) groups excluding carboxylic acids is 1. The molecular weight excluding hydrogens is 427 g/mol. The Morgan fingerprint density at radius 1 is 1.00 bits per heavy atom. The summed E-state index contributed by atoms with van der Waals surface area (Å²) in [6, 6.07) is 10.8. The molecular formula is C21H16F3N5O3. The zero-order chi connectivity index (χ0) is 22.9. The van der Waals surface area contributed by atoms with Gasteiger partial charge in [0.2, 0.25) is 5.82 Å². The quantitative estimate of drug-likeness (QED) is 0.499. The van der Waals surface area contributed by atoms with Gasteiger partial charge in [-0.05, 0) is 30.3 Å². The summed E-state index contributed by atoms with van der Waals surface area (Å²) in [7, 11) is 2.89. The van der Waals surface area contributed by atoms with E-state index in [0.29, 0.717) is 17.1 Å². The van der Waals surface area contributed by atoms with Gasteiger partial charge in [0.25, 0.3) is 5.91 Å². The molecule has 0 aliphatic rings. The molecule has 0 radical (unpaired) electrons. The monoisotopic (exact) mass is 443 g/mol. The summed E-state index contributed by atoms with van der Waals surface area (Å²) in [5.74, 6) is -0.782. The first-order chi connectivity index (χ1) is 15.3. The average Bonchev–Trinajstić information content (AvgIpc) is 3.19. The van der Waals surface area contributed by atoms with Gasteiger partial charge in [-0.25, -0.2) is 15.0 Å². The van der Waals surface area contributed by atoms with E-state index in [1.165, 1.54) is 38.6 Å². The predicted molar refractivity (Wildman–Crippen MR) is 109 cm³/mol. The number of aromatic nitrogens is 4. The molecule has 1 N–H and O–H groups in total. The van der Waals surface area contributed by atoms with Crippen LogP contribution in [0.2, 0.25) is 0 Å². The number of alkyl halides is 3. The number of fused-ring (bicyclic) bond motifs is 1. The van der Waals surface area contributed by atoms with Crippen molar-refractivity contribution in [3.8, 4) is 17.3 Å². The molecule has 0 fully saturated rings. The van der Waals surface area contributed by atoms with E-state index < -0.39 is 17.9 Å². The number of nitrogens with one attached hydrogen (secondary N) is 1. The number of anilines is 1. The topological polar surface area (TPSA) is 91.2 Å². The number of carbonyl (C=O) groups is 1. The van der Waals surface area contributed by atoms with Crippen molar-refractivity contribution in [2.24, 2.45) is 0 Å². The number of nitrogens with zero attached hydrogens (tertiary/aromatic N) is 4. The number of methoxy groups -OCH3 is 2. The van der Waals surface area contributed by atoms with Crippen LogP contribution >= 0.6 is 0 Å². The van der Waals surface area contributed by atoms with Crippen LogP contribution in [0.1, 0.15) is 16.2 Å². The normalized spacial score (nSPS) is 11.4. The zero-order valence-electron chi connectivity index (χ0n) is 16.8. The molecule has 32 heavy (non-hydrogen) atoms. The molecule has 8 nitrogen and oxygen atoms in total. The maximum absolute atomic E-state index is 13.6. The van der Waals surface area contributed by atoms with Crippen LogP contribution in [0.4, 0.5) is 19.0 Å². The maximum Gasteiger partial charge on any atom is 0.450 e. The van der Waals surface area contributed by atoms with Gasteiger partial charge in [-0.3, -0.25) is 9.36 Å². The highest BCUT2D eigenvalue weighted by Gasteiger charge is 2.38. The summed E-state index contributed by atoms with van der Waals surface area (Å²) in [4.78, 5) is 24.2. The van der Waals surface area contributed by atoms with Gasteiger partial charge in [0.05, 0.1) is 37.6 Å². The van der Waals surface area contributed by atoms with Crippen molar-refractivity contribution in [1.82, 2.24) is 19.5 Å². The smallest absolute Gasteiger partial charge is 0.450 e. The number of imidazole rings is 1. The lowest BCUT2D eigenvalue weighted by Gasteiger charge is -2.11. The number of hydrogen-bond acceptors (Lipinski definition) is 6. The first kappa shape index (κ1) is 21.1. The van der Waals surface area contributed by atoms with Crippen LogP contribution in [0.5, 0.6) is 11.5 Å². The first-order valence-corrected chi connectivity index (χ1v) is 9.21. The first-order valence-electron chi connectivity index (χ1n) is 9.21. The van der Waals surface area contributed by atoms with Crippen molar-refractivity contribution in [2.75, 3.05) is 19.5 Å². The molecule has 1 amide bonds. The fourth-order valence-electron chi connectivity index (χ4n) is 3.06. The fraction of sp³-hybridized carbons (Fsp3) is 0.143. The van der Waals surface area contributed by atoms with Gasteiger partial charge in [-0.2, -0.15) is 13.2 Å². The van der Waals surface area contributed by atoms with Crippen molar-refractivity contribution in [1.29, 1.82) is 0 Å². The summed E-state index contributed by atoms with van der Waals surface area (Å²) in [6.45, 7) is 0. The Bertz CT molecular complexity index is 1290. The Morgan fingerprint density at radius 3 is 2.41 bits per heavy atom. The SMILES string of the molecule is COc1cccc(C(=O)Nc2cnc(-n3c(C(F)(F)F)nc4cc(OC)ccc43)cn2)c1. The minimum Gasteiger partial charge on any atom is -0.497 e. The molecule has 0 unspecified atom stereocenters. The van der Waals surface area contributed by atoms with Crippen molar-refractivity contribution < 1.29 is 27.4 Å². The molecule has 4 aromatic rings. The Morgan fingerprint density at radius 2 is 1.75 bits per heavy atom. The molecule has 0 bridgehead atoms. The Labute approximate surface area is 179 Å². The third-order valence-electron chi connectivity index (χ3n) is 4.56. The lowest BCUT2D eigenvalue weighted by molar-refractivity contribution is -0.145. The number of rotatable bonds is 5. The summed E-state index contributed by atoms with van der Waals surface area (Å²) >= 11 is 0. The van der Waals surface area contributed by atoms with Crippen LogP contribution in [0.3, 0.4) is 0 Å². The predicted octanol–water partition coefficient (Wildman–Crippen LogP) is 4.10. The van der Waals surface area contributed by atoms with Crippen LogP contribution in [-0.2, 0) is 6.18 Å². The van der Waals surface area contributed by atoms with Crippen LogP contribution in [-0.4, -0.2) is 39.6 Å². The highest BCUT2D eigenvalue weighted by molar-refractivity contribution is 6.03. The highest BCUT2D eigenvalue weighted by Crippen LogP contribution is 2.34. The van der Waals surface area contributed by atoms with Crippen molar-refractivity contribution >= 4 is 22.8 Å². The molecule has 2 heterocycles. The summed E-state index contributed by atoms with van der Waals surface area (Å²) in [6.07, 6.45) is -2.43. The Hall–Kier alpha value is -4.15. The minimum absolute atomic E-state index is 0.0706. The van der Waals surface area contributed by atoms with E-state index in [0.717, 1.165) is 10.8 Å². The minimum atomic E-state index is -4.73. The second-order valence-electron chi connectivity index (χ2n) is 6.57. The molecule has 164 valence electrons. The Balaban J connectivity index is 1.67. The van der Waals surface area contributed by atoms with Gasteiger partial charge in [0.15, 0.2) is 11.6 Å². The van der Waals surface area contributed by atoms with Crippen LogP contribution < -0.4 is 14.8 Å². The van der Waals surface area contributed by atoms with Crippen molar-refractivity contribution in [3.05, 3.63) is 66.2 Å². The van der Waals surface area contributed by atoms with E-state index in [4.69, 9.17) is 9.47 Å². The van der Waals surface area contributed by atoms with E-state index in [-0.39, 0.29) is 22.7 Å². The summed E-state index contributed by atoms with van der Waals surface area (Å²) in [5, 5.41) is 2.55. The Kier molecular flexibility index (Phi) is 5.39. The molecule has 2 aromatic heterocycles. The van der Waals surface area contributed by atoms with E-state index in [1.807, 2.05) is 0 Å².